The predicted octanol–water partition coefficient (Wildman–Crippen LogP) is 3.68. The van der Waals surface area contributed by atoms with Gasteiger partial charge < -0.3 is 15.9 Å². The zero-order chi connectivity index (χ0) is 21.0. The SMILES string of the molecule is NC(=S)N/N=C(\c1cccc(O)c1)c1cc(Br)cc(C(=O)c2cccc(O)c2)c1. The van der Waals surface area contributed by atoms with E-state index in [-0.39, 0.29) is 22.4 Å². The maximum atomic E-state index is 12.9. The molecule has 0 saturated carbocycles. The van der Waals surface area contributed by atoms with E-state index in [0.717, 1.165) is 0 Å². The number of nitrogens with zero attached hydrogens (tertiary/aromatic N) is 1. The van der Waals surface area contributed by atoms with Gasteiger partial charge in [0, 0.05) is 26.7 Å². The van der Waals surface area contributed by atoms with Crippen molar-refractivity contribution in [2.24, 2.45) is 10.8 Å². The smallest absolute Gasteiger partial charge is 0.193 e. The van der Waals surface area contributed by atoms with Crippen LogP contribution in [0.25, 0.3) is 0 Å². The van der Waals surface area contributed by atoms with Crippen LogP contribution in [0.15, 0.2) is 76.3 Å². The van der Waals surface area contributed by atoms with Crippen LogP contribution in [0.2, 0.25) is 0 Å². The lowest BCUT2D eigenvalue weighted by atomic mass is 9.97. The second kappa shape index (κ2) is 8.85. The fourth-order valence-electron chi connectivity index (χ4n) is 2.73. The molecule has 0 atom stereocenters. The average Bonchev–Trinajstić information content (AvgIpc) is 2.67. The number of hydrogen-bond acceptors (Lipinski definition) is 5. The van der Waals surface area contributed by atoms with Crippen molar-refractivity contribution >= 4 is 44.8 Å². The van der Waals surface area contributed by atoms with Crippen LogP contribution in [0.3, 0.4) is 0 Å². The maximum absolute atomic E-state index is 12.9. The van der Waals surface area contributed by atoms with Crippen LogP contribution >= 0.6 is 28.1 Å². The molecule has 0 unspecified atom stereocenters. The van der Waals surface area contributed by atoms with E-state index in [1.807, 2.05) is 0 Å². The van der Waals surface area contributed by atoms with E-state index in [4.69, 9.17) is 18.0 Å². The summed E-state index contributed by atoms with van der Waals surface area (Å²) >= 11 is 8.26. The summed E-state index contributed by atoms with van der Waals surface area (Å²) in [6, 6.07) is 17.8. The molecule has 0 aliphatic carbocycles. The van der Waals surface area contributed by atoms with Gasteiger partial charge in [0.05, 0.1) is 5.71 Å². The van der Waals surface area contributed by atoms with Crippen LogP contribution in [0.4, 0.5) is 0 Å². The molecule has 8 heteroatoms. The lowest BCUT2D eigenvalue weighted by Gasteiger charge is -2.11. The summed E-state index contributed by atoms with van der Waals surface area (Å²) in [5.41, 5.74) is 10.4. The van der Waals surface area contributed by atoms with Gasteiger partial charge in [0.15, 0.2) is 10.9 Å². The van der Waals surface area contributed by atoms with Gasteiger partial charge >= 0.3 is 0 Å². The van der Waals surface area contributed by atoms with Gasteiger partial charge in [-0.05, 0) is 54.7 Å². The van der Waals surface area contributed by atoms with Crippen LogP contribution in [-0.2, 0) is 0 Å². The fraction of sp³-hybridized carbons (Fsp3) is 0. The third kappa shape index (κ3) is 5.18. The Labute approximate surface area is 180 Å². The van der Waals surface area contributed by atoms with Crippen molar-refractivity contribution in [3.8, 4) is 11.5 Å². The maximum Gasteiger partial charge on any atom is 0.193 e. The van der Waals surface area contributed by atoms with E-state index >= 15 is 0 Å². The van der Waals surface area contributed by atoms with Gasteiger partial charge in [-0.25, -0.2) is 0 Å². The number of thiocarbonyl (C=S) groups is 1. The Kier molecular flexibility index (Phi) is 6.26. The molecular weight excluding hydrogens is 454 g/mol. The normalized spacial score (nSPS) is 11.1. The van der Waals surface area contributed by atoms with E-state index in [0.29, 0.717) is 32.4 Å². The molecule has 0 saturated heterocycles. The second-order valence-electron chi connectivity index (χ2n) is 6.09. The summed E-state index contributed by atoms with van der Waals surface area (Å²) in [5, 5.41) is 23.7. The van der Waals surface area contributed by atoms with E-state index in [2.05, 4.69) is 26.5 Å². The molecule has 3 aromatic carbocycles. The van der Waals surface area contributed by atoms with Crippen LogP contribution in [-0.4, -0.2) is 26.8 Å². The number of hydrazone groups is 1. The van der Waals surface area contributed by atoms with Gasteiger partial charge in [-0.3, -0.25) is 10.2 Å². The molecule has 0 spiro atoms. The predicted molar refractivity (Wildman–Crippen MR) is 119 cm³/mol. The van der Waals surface area contributed by atoms with Crippen molar-refractivity contribution in [3.05, 3.63) is 93.5 Å². The first-order chi connectivity index (χ1) is 13.8. The molecule has 146 valence electrons. The van der Waals surface area contributed by atoms with Crippen molar-refractivity contribution in [3.63, 3.8) is 0 Å². The Morgan fingerprint density at radius 3 is 2.10 bits per heavy atom. The molecule has 0 bridgehead atoms. The Bertz CT molecular complexity index is 1130. The summed E-state index contributed by atoms with van der Waals surface area (Å²) in [7, 11) is 0. The quantitative estimate of drug-likeness (QED) is 0.196. The van der Waals surface area contributed by atoms with E-state index < -0.39 is 0 Å². The molecule has 3 aromatic rings. The molecule has 0 aromatic heterocycles. The average molecular weight is 470 g/mol. The van der Waals surface area contributed by atoms with E-state index in [9.17, 15) is 15.0 Å². The third-order valence-corrected chi connectivity index (χ3v) is 4.49. The number of halogens is 1. The highest BCUT2D eigenvalue weighted by atomic mass is 79.9. The minimum absolute atomic E-state index is 0.00809. The van der Waals surface area contributed by atoms with Gasteiger partial charge in [0.1, 0.15) is 11.5 Å². The topological polar surface area (TPSA) is 108 Å². The Hall–Kier alpha value is -3.23. The standard InChI is InChI=1S/C21H16BrN3O3S/c22-16-8-14(7-15(9-16)20(28)13-4-2-6-18(27)11-13)19(24-25-21(23)29)12-3-1-5-17(26)10-12/h1-11,26-27H,(H3,23,25,29)/b24-19+. The van der Waals surface area contributed by atoms with Gasteiger partial charge in [0.25, 0.3) is 0 Å². The highest BCUT2D eigenvalue weighted by Crippen LogP contribution is 2.23. The zero-order valence-electron chi connectivity index (χ0n) is 15.0. The Balaban J connectivity index is 2.10. The number of rotatable bonds is 5. The first-order valence-electron chi connectivity index (χ1n) is 8.41. The Morgan fingerprint density at radius 1 is 0.897 bits per heavy atom. The molecule has 0 aliphatic heterocycles. The summed E-state index contributed by atoms with van der Waals surface area (Å²) < 4.78 is 0.654. The van der Waals surface area contributed by atoms with Crippen molar-refractivity contribution < 1.29 is 15.0 Å². The first-order valence-corrected chi connectivity index (χ1v) is 9.61. The van der Waals surface area contributed by atoms with Crippen LogP contribution < -0.4 is 11.2 Å². The summed E-state index contributed by atoms with van der Waals surface area (Å²) in [4.78, 5) is 12.9. The largest absolute Gasteiger partial charge is 0.508 e. The third-order valence-electron chi connectivity index (χ3n) is 3.94. The number of ketones is 1. The van der Waals surface area contributed by atoms with Gasteiger partial charge in [0.2, 0.25) is 0 Å². The van der Waals surface area contributed by atoms with Crippen molar-refractivity contribution in [1.29, 1.82) is 0 Å². The summed E-state index contributed by atoms with van der Waals surface area (Å²) in [6.45, 7) is 0. The summed E-state index contributed by atoms with van der Waals surface area (Å²) in [6.07, 6.45) is 0. The van der Waals surface area contributed by atoms with E-state index in [1.54, 1.807) is 48.5 Å². The lowest BCUT2D eigenvalue weighted by Crippen LogP contribution is -2.26. The number of phenols is 2. The molecule has 0 aliphatic rings. The molecule has 0 heterocycles. The van der Waals surface area contributed by atoms with Crippen LogP contribution in [0, 0.1) is 0 Å². The highest BCUT2D eigenvalue weighted by molar-refractivity contribution is 9.10. The highest BCUT2D eigenvalue weighted by Gasteiger charge is 2.15. The molecule has 5 N–H and O–H groups in total. The molecule has 3 rings (SSSR count). The number of nitrogens with one attached hydrogen (secondary N) is 1. The minimum atomic E-state index is -0.263. The van der Waals surface area contributed by atoms with Crippen molar-refractivity contribution in [2.45, 2.75) is 0 Å². The van der Waals surface area contributed by atoms with Gasteiger partial charge in [-0.2, -0.15) is 5.10 Å². The molecule has 6 nitrogen and oxygen atoms in total. The molecule has 0 amide bonds. The van der Waals surface area contributed by atoms with Gasteiger partial charge in [-0.1, -0.05) is 40.2 Å². The lowest BCUT2D eigenvalue weighted by molar-refractivity contribution is 0.103. The minimum Gasteiger partial charge on any atom is -0.508 e. The molecular formula is C21H16BrN3O3S. The molecule has 0 fully saturated rings. The second-order valence-corrected chi connectivity index (χ2v) is 7.45. The number of carbonyl (C=O) groups is 1. The number of hydrogen-bond donors (Lipinski definition) is 4. The van der Waals surface area contributed by atoms with Gasteiger partial charge in [-0.15, -0.1) is 0 Å². The zero-order valence-corrected chi connectivity index (χ0v) is 17.4. The van der Waals surface area contributed by atoms with Crippen molar-refractivity contribution in [2.75, 3.05) is 0 Å². The van der Waals surface area contributed by atoms with Crippen LogP contribution in [0.1, 0.15) is 27.0 Å². The number of nitrogens with two attached hydrogens (primary N) is 1. The van der Waals surface area contributed by atoms with Crippen LogP contribution in [0.5, 0.6) is 11.5 Å². The Morgan fingerprint density at radius 2 is 1.48 bits per heavy atom. The van der Waals surface area contributed by atoms with Crippen molar-refractivity contribution in [1.82, 2.24) is 5.43 Å². The van der Waals surface area contributed by atoms with E-state index in [1.165, 1.54) is 18.2 Å². The monoisotopic (exact) mass is 469 g/mol. The molecule has 29 heavy (non-hydrogen) atoms. The number of phenolic OH excluding ortho intramolecular Hbond substituents is 2. The number of benzene rings is 3. The fourth-order valence-corrected chi connectivity index (χ4v) is 3.27. The number of carbonyl (C=O) groups excluding carboxylic acids is 1. The number of aromatic hydroxyl groups is 2. The summed E-state index contributed by atoms with van der Waals surface area (Å²) in [5.74, 6) is -0.189. The first kappa shape index (κ1) is 20.5. The molecule has 0 radical (unpaired) electrons.